The fourth-order valence-corrected chi connectivity index (χ4v) is 4.30. The van der Waals surface area contributed by atoms with Crippen LogP contribution in [0.3, 0.4) is 0 Å². The quantitative estimate of drug-likeness (QED) is 0.107. The number of rotatable bonds is 21. The fraction of sp³-hybridized carbons (Fsp3) is 0.278. The van der Waals surface area contributed by atoms with Crippen molar-refractivity contribution in [1.82, 2.24) is 0 Å². The second kappa shape index (κ2) is 18.9. The van der Waals surface area contributed by atoms with E-state index in [1.807, 2.05) is 48.5 Å². The maximum absolute atomic E-state index is 11.0. The van der Waals surface area contributed by atoms with Crippen molar-refractivity contribution in [3.8, 4) is 33.8 Å². The lowest BCUT2D eigenvalue weighted by molar-refractivity contribution is -0.00698. The molecule has 0 amide bonds. The van der Waals surface area contributed by atoms with E-state index >= 15 is 0 Å². The van der Waals surface area contributed by atoms with Crippen LogP contribution < -0.4 is 9.47 Å². The molecule has 0 radical (unpaired) electrons. The molecule has 10 heteroatoms. The van der Waals surface area contributed by atoms with Gasteiger partial charge in [0.05, 0.1) is 64.0 Å². The zero-order valence-corrected chi connectivity index (χ0v) is 25.5. The standard InChI is InChI=1S/C36H38O10/c37-35(38)31-5-1-27(2-6-31)29-9-13-33(14-10-29)45-25-23-43-21-19-41-17-18-42-20-22-44-24-26-46-34-15-11-30(12-16-34)28-3-7-32(8-4-28)36(39)40/h1-16H,17-26H2,(H,37,38)(H,39,40). The Labute approximate surface area is 268 Å². The molecule has 0 fully saturated rings. The Morgan fingerprint density at radius 2 is 0.609 bits per heavy atom. The number of carboxylic acids is 2. The van der Waals surface area contributed by atoms with E-state index in [9.17, 15) is 9.59 Å². The van der Waals surface area contributed by atoms with E-state index in [1.165, 1.54) is 0 Å². The Kier molecular flexibility index (Phi) is 14.0. The highest BCUT2D eigenvalue weighted by molar-refractivity contribution is 5.89. The molecule has 0 saturated heterocycles. The lowest BCUT2D eigenvalue weighted by Gasteiger charge is -2.10. The smallest absolute Gasteiger partial charge is 0.335 e. The van der Waals surface area contributed by atoms with E-state index in [0.29, 0.717) is 66.1 Å². The van der Waals surface area contributed by atoms with E-state index in [0.717, 1.165) is 33.8 Å². The van der Waals surface area contributed by atoms with Crippen LogP contribution in [0, 0.1) is 0 Å². The normalized spacial score (nSPS) is 10.9. The highest BCUT2D eigenvalue weighted by atomic mass is 16.6. The maximum Gasteiger partial charge on any atom is 0.335 e. The van der Waals surface area contributed by atoms with E-state index in [1.54, 1.807) is 48.5 Å². The molecule has 0 bridgehead atoms. The molecule has 0 spiro atoms. The summed E-state index contributed by atoms with van der Waals surface area (Å²) in [6.45, 7) is 4.49. The molecule has 4 aromatic carbocycles. The van der Waals surface area contributed by atoms with Crippen molar-refractivity contribution in [1.29, 1.82) is 0 Å². The van der Waals surface area contributed by atoms with Crippen LogP contribution >= 0.6 is 0 Å². The van der Waals surface area contributed by atoms with Crippen LogP contribution in [0.4, 0.5) is 0 Å². The molecule has 0 saturated carbocycles. The molecule has 4 aromatic rings. The minimum Gasteiger partial charge on any atom is -0.491 e. The van der Waals surface area contributed by atoms with Crippen LogP contribution in [0.15, 0.2) is 97.1 Å². The Bertz CT molecular complexity index is 1350. The monoisotopic (exact) mass is 630 g/mol. The summed E-state index contributed by atoms with van der Waals surface area (Å²) in [7, 11) is 0. The lowest BCUT2D eigenvalue weighted by atomic mass is 10.0. The van der Waals surface area contributed by atoms with Gasteiger partial charge in [-0.1, -0.05) is 48.5 Å². The van der Waals surface area contributed by atoms with Crippen LogP contribution in [0.2, 0.25) is 0 Å². The molecule has 0 aromatic heterocycles. The number of carbonyl (C=O) groups is 2. The van der Waals surface area contributed by atoms with Crippen LogP contribution in [-0.4, -0.2) is 88.2 Å². The molecular formula is C36H38O10. The fourth-order valence-electron chi connectivity index (χ4n) is 4.30. The van der Waals surface area contributed by atoms with Crippen molar-refractivity contribution in [3.63, 3.8) is 0 Å². The Morgan fingerprint density at radius 3 is 0.870 bits per heavy atom. The van der Waals surface area contributed by atoms with Crippen molar-refractivity contribution in [2.75, 3.05) is 66.1 Å². The Morgan fingerprint density at radius 1 is 0.370 bits per heavy atom. The summed E-state index contributed by atoms with van der Waals surface area (Å²) in [5.41, 5.74) is 4.34. The van der Waals surface area contributed by atoms with Gasteiger partial charge in [-0.25, -0.2) is 9.59 Å². The molecule has 10 nitrogen and oxygen atoms in total. The van der Waals surface area contributed by atoms with E-state index in [4.69, 9.17) is 38.6 Å². The largest absolute Gasteiger partial charge is 0.491 e. The highest BCUT2D eigenvalue weighted by Gasteiger charge is 2.05. The second-order valence-electron chi connectivity index (χ2n) is 9.96. The minimum absolute atomic E-state index is 0.259. The van der Waals surface area contributed by atoms with E-state index < -0.39 is 11.9 Å². The van der Waals surface area contributed by atoms with Gasteiger partial charge in [0.2, 0.25) is 0 Å². The van der Waals surface area contributed by atoms with Crippen molar-refractivity contribution in [2.45, 2.75) is 0 Å². The van der Waals surface area contributed by atoms with Gasteiger partial charge in [0.1, 0.15) is 24.7 Å². The summed E-state index contributed by atoms with van der Waals surface area (Å²) in [6, 6.07) is 28.7. The Balaban J connectivity index is 0.928. The summed E-state index contributed by atoms with van der Waals surface area (Å²) in [6.07, 6.45) is 0. The topological polar surface area (TPSA) is 130 Å². The van der Waals surface area contributed by atoms with Gasteiger partial charge >= 0.3 is 11.9 Å². The molecule has 0 aliphatic heterocycles. The van der Waals surface area contributed by atoms with Crippen molar-refractivity contribution < 1.29 is 48.2 Å². The van der Waals surface area contributed by atoms with Crippen LogP contribution in [0.1, 0.15) is 20.7 Å². The average Bonchev–Trinajstić information content (AvgIpc) is 3.08. The minimum atomic E-state index is -0.942. The summed E-state index contributed by atoms with van der Waals surface area (Å²) in [4.78, 5) is 22.0. The number of hydrogen-bond acceptors (Lipinski definition) is 8. The van der Waals surface area contributed by atoms with Crippen molar-refractivity contribution in [2.24, 2.45) is 0 Å². The zero-order valence-electron chi connectivity index (χ0n) is 25.5. The number of ether oxygens (including phenoxy) is 6. The maximum atomic E-state index is 11.0. The van der Waals surface area contributed by atoms with Gasteiger partial charge < -0.3 is 38.6 Å². The number of hydrogen-bond donors (Lipinski definition) is 2. The molecule has 0 atom stereocenters. The second-order valence-corrected chi connectivity index (χ2v) is 9.96. The molecule has 2 N–H and O–H groups in total. The van der Waals surface area contributed by atoms with Gasteiger partial charge in [-0.05, 0) is 70.8 Å². The molecule has 0 heterocycles. The van der Waals surface area contributed by atoms with Crippen LogP contribution in [0.25, 0.3) is 22.3 Å². The first-order valence-electron chi connectivity index (χ1n) is 14.9. The third-order valence-electron chi connectivity index (χ3n) is 6.75. The molecule has 0 unspecified atom stereocenters. The summed E-state index contributed by atoms with van der Waals surface area (Å²) in [5.74, 6) is -0.423. The number of aromatic carboxylic acids is 2. The third-order valence-corrected chi connectivity index (χ3v) is 6.75. The SMILES string of the molecule is O=C(O)c1ccc(-c2ccc(OCCOCCOCCOCCOCCOc3ccc(-c4ccc(C(=O)O)cc4)cc3)cc2)cc1. The predicted octanol–water partition coefficient (Wildman–Crippen LogP) is 5.94. The average molecular weight is 631 g/mol. The van der Waals surface area contributed by atoms with Gasteiger partial charge in [-0.15, -0.1) is 0 Å². The van der Waals surface area contributed by atoms with Crippen LogP contribution in [-0.2, 0) is 18.9 Å². The first-order chi connectivity index (χ1) is 22.5. The predicted molar refractivity (Wildman–Crippen MR) is 172 cm³/mol. The molecule has 4 rings (SSSR count). The molecule has 242 valence electrons. The van der Waals surface area contributed by atoms with Gasteiger partial charge in [0.15, 0.2) is 0 Å². The number of carboxylic acid groups (broad SMARTS) is 2. The lowest BCUT2D eigenvalue weighted by Crippen LogP contribution is -2.14. The summed E-state index contributed by atoms with van der Waals surface area (Å²) in [5, 5.41) is 18.0. The van der Waals surface area contributed by atoms with Crippen molar-refractivity contribution in [3.05, 3.63) is 108 Å². The van der Waals surface area contributed by atoms with Gasteiger partial charge in [0, 0.05) is 0 Å². The zero-order chi connectivity index (χ0) is 32.4. The molecule has 0 aliphatic rings. The molecule has 46 heavy (non-hydrogen) atoms. The first-order valence-corrected chi connectivity index (χ1v) is 14.9. The van der Waals surface area contributed by atoms with Crippen molar-refractivity contribution >= 4 is 11.9 Å². The van der Waals surface area contributed by atoms with E-state index in [2.05, 4.69) is 0 Å². The third kappa shape index (κ3) is 11.6. The first kappa shape index (κ1) is 34.1. The summed E-state index contributed by atoms with van der Waals surface area (Å²) >= 11 is 0. The van der Waals surface area contributed by atoms with Gasteiger partial charge in [-0.3, -0.25) is 0 Å². The number of benzene rings is 4. The molecule has 0 aliphatic carbocycles. The van der Waals surface area contributed by atoms with E-state index in [-0.39, 0.29) is 11.1 Å². The summed E-state index contributed by atoms with van der Waals surface area (Å²) < 4.78 is 33.5. The van der Waals surface area contributed by atoms with Gasteiger partial charge in [-0.2, -0.15) is 0 Å². The highest BCUT2D eigenvalue weighted by Crippen LogP contribution is 2.24. The Hall–Kier alpha value is -4.74. The van der Waals surface area contributed by atoms with Gasteiger partial charge in [0.25, 0.3) is 0 Å². The molecular weight excluding hydrogens is 592 g/mol. The van der Waals surface area contributed by atoms with Crippen LogP contribution in [0.5, 0.6) is 11.5 Å².